The first kappa shape index (κ1) is 17.2. The summed E-state index contributed by atoms with van der Waals surface area (Å²) in [6.45, 7) is 9.69. The summed E-state index contributed by atoms with van der Waals surface area (Å²) in [6, 6.07) is 14.9. The SMILES string of the molecule is CC(C)N1CCN(CC(O)COc2ccc3ccccc3c2)CC1. The molecule has 0 aromatic heterocycles. The maximum Gasteiger partial charge on any atom is 0.120 e. The summed E-state index contributed by atoms with van der Waals surface area (Å²) >= 11 is 0. The van der Waals surface area contributed by atoms with Gasteiger partial charge < -0.3 is 9.84 Å². The second-order valence-electron chi connectivity index (χ2n) is 6.90. The van der Waals surface area contributed by atoms with E-state index in [-0.39, 0.29) is 0 Å². The second-order valence-corrected chi connectivity index (χ2v) is 6.90. The van der Waals surface area contributed by atoms with Crippen LogP contribution in [0.1, 0.15) is 13.8 Å². The molecule has 2 aromatic rings. The van der Waals surface area contributed by atoms with Crippen LogP contribution in [0.4, 0.5) is 0 Å². The molecule has 1 atom stereocenters. The van der Waals surface area contributed by atoms with Gasteiger partial charge in [-0.25, -0.2) is 0 Å². The van der Waals surface area contributed by atoms with Gasteiger partial charge in [0.1, 0.15) is 18.5 Å². The van der Waals surface area contributed by atoms with Gasteiger partial charge in [0.25, 0.3) is 0 Å². The first-order chi connectivity index (χ1) is 11.6. The van der Waals surface area contributed by atoms with Crippen molar-refractivity contribution in [2.75, 3.05) is 39.3 Å². The van der Waals surface area contributed by atoms with E-state index in [1.54, 1.807) is 0 Å². The zero-order valence-electron chi connectivity index (χ0n) is 14.7. The lowest BCUT2D eigenvalue weighted by Crippen LogP contribution is -2.51. The Morgan fingerprint density at radius 1 is 1.00 bits per heavy atom. The molecule has 130 valence electrons. The van der Waals surface area contributed by atoms with Crippen LogP contribution in [0.15, 0.2) is 42.5 Å². The van der Waals surface area contributed by atoms with Crippen LogP contribution in [0.2, 0.25) is 0 Å². The number of piperazine rings is 1. The van der Waals surface area contributed by atoms with Crippen molar-refractivity contribution in [3.63, 3.8) is 0 Å². The van der Waals surface area contributed by atoms with E-state index < -0.39 is 6.10 Å². The predicted molar refractivity (Wildman–Crippen MR) is 98.6 cm³/mol. The molecular formula is C20H28N2O2. The highest BCUT2D eigenvalue weighted by molar-refractivity contribution is 5.83. The zero-order valence-corrected chi connectivity index (χ0v) is 14.7. The molecule has 1 fully saturated rings. The minimum Gasteiger partial charge on any atom is -0.491 e. The number of aliphatic hydroxyl groups excluding tert-OH is 1. The Hall–Kier alpha value is -1.62. The molecule has 0 radical (unpaired) electrons. The molecule has 2 aromatic carbocycles. The van der Waals surface area contributed by atoms with Crippen molar-refractivity contribution in [1.29, 1.82) is 0 Å². The first-order valence-electron chi connectivity index (χ1n) is 8.88. The molecule has 1 aliphatic heterocycles. The van der Waals surface area contributed by atoms with Gasteiger partial charge in [0, 0.05) is 38.8 Å². The van der Waals surface area contributed by atoms with Crippen molar-refractivity contribution >= 4 is 10.8 Å². The van der Waals surface area contributed by atoms with Crippen LogP contribution in [-0.2, 0) is 0 Å². The second kappa shape index (κ2) is 7.97. The third-order valence-corrected chi connectivity index (χ3v) is 4.77. The molecule has 0 bridgehead atoms. The van der Waals surface area contributed by atoms with Gasteiger partial charge in [0.05, 0.1) is 0 Å². The Bertz CT molecular complexity index is 651. The molecular weight excluding hydrogens is 300 g/mol. The Morgan fingerprint density at radius 2 is 1.71 bits per heavy atom. The molecule has 1 heterocycles. The van der Waals surface area contributed by atoms with Crippen LogP contribution >= 0.6 is 0 Å². The lowest BCUT2D eigenvalue weighted by molar-refractivity contribution is 0.0400. The van der Waals surface area contributed by atoms with Gasteiger partial charge in [-0.1, -0.05) is 30.3 Å². The third kappa shape index (κ3) is 4.47. The lowest BCUT2D eigenvalue weighted by atomic mass is 10.1. The van der Waals surface area contributed by atoms with Crippen molar-refractivity contribution in [3.05, 3.63) is 42.5 Å². The van der Waals surface area contributed by atoms with Gasteiger partial charge in [-0.15, -0.1) is 0 Å². The van der Waals surface area contributed by atoms with Crippen LogP contribution in [0.3, 0.4) is 0 Å². The van der Waals surface area contributed by atoms with Crippen molar-refractivity contribution in [3.8, 4) is 5.75 Å². The van der Waals surface area contributed by atoms with Crippen molar-refractivity contribution in [1.82, 2.24) is 9.80 Å². The van der Waals surface area contributed by atoms with Crippen LogP contribution in [-0.4, -0.2) is 66.4 Å². The molecule has 1 unspecified atom stereocenters. The fraction of sp³-hybridized carbons (Fsp3) is 0.500. The molecule has 3 rings (SSSR count). The molecule has 24 heavy (non-hydrogen) atoms. The number of ether oxygens (including phenoxy) is 1. The smallest absolute Gasteiger partial charge is 0.120 e. The lowest BCUT2D eigenvalue weighted by Gasteiger charge is -2.37. The normalized spacial score (nSPS) is 18.2. The summed E-state index contributed by atoms with van der Waals surface area (Å²) in [5.74, 6) is 0.817. The van der Waals surface area contributed by atoms with Gasteiger partial charge >= 0.3 is 0 Å². The molecule has 1 aliphatic rings. The Labute approximate surface area is 144 Å². The van der Waals surface area contributed by atoms with E-state index in [2.05, 4.69) is 41.8 Å². The maximum atomic E-state index is 10.3. The summed E-state index contributed by atoms with van der Waals surface area (Å²) in [4.78, 5) is 4.81. The Balaban J connectivity index is 1.46. The number of benzene rings is 2. The minimum absolute atomic E-state index is 0.336. The fourth-order valence-corrected chi connectivity index (χ4v) is 3.26. The molecule has 0 spiro atoms. The van der Waals surface area contributed by atoms with Gasteiger partial charge in [-0.05, 0) is 36.8 Å². The van der Waals surface area contributed by atoms with E-state index in [1.807, 2.05) is 24.3 Å². The molecule has 1 saturated heterocycles. The molecule has 0 aliphatic carbocycles. The standard InChI is InChI=1S/C20H28N2O2/c1-16(2)22-11-9-21(10-12-22)14-19(23)15-24-20-8-7-17-5-3-4-6-18(17)13-20/h3-8,13,16,19,23H,9-12,14-15H2,1-2H3. The van der Waals surface area contributed by atoms with Crippen LogP contribution in [0, 0.1) is 0 Å². The van der Waals surface area contributed by atoms with Crippen molar-refractivity contribution in [2.45, 2.75) is 26.0 Å². The number of nitrogens with zero attached hydrogens (tertiary/aromatic N) is 2. The molecule has 4 nitrogen and oxygen atoms in total. The monoisotopic (exact) mass is 328 g/mol. The van der Waals surface area contributed by atoms with Crippen LogP contribution in [0.5, 0.6) is 5.75 Å². The summed E-state index contributed by atoms with van der Waals surface area (Å²) < 4.78 is 5.79. The van der Waals surface area contributed by atoms with E-state index in [9.17, 15) is 5.11 Å². The Morgan fingerprint density at radius 3 is 2.42 bits per heavy atom. The zero-order chi connectivity index (χ0) is 16.9. The van der Waals surface area contributed by atoms with E-state index in [0.29, 0.717) is 19.2 Å². The number of hydrogen-bond acceptors (Lipinski definition) is 4. The van der Waals surface area contributed by atoms with Gasteiger partial charge in [-0.2, -0.15) is 0 Å². The fourth-order valence-electron chi connectivity index (χ4n) is 3.26. The number of fused-ring (bicyclic) bond motifs is 1. The minimum atomic E-state index is -0.456. The average molecular weight is 328 g/mol. The molecule has 0 saturated carbocycles. The summed E-state index contributed by atoms with van der Waals surface area (Å²) in [5.41, 5.74) is 0. The van der Waals surface area contributed by atoms with Crippen molar-refractivity contribution < 1.29 is 9.84 Å². The summed E-state index contributed by atoms with van der Waals surface area (Å²) in [7, 11) is 0. The average Bonchev–Trinajstić information content (AvgIpc) is 2.60. The Kier molecular flexibility index (Phi) is 5.72. The first-order valence-corrected chi connectivity index (χ1v) is 8.88. The molecule has 4 heteroatoms. The van der Waals surface area contributed by atoms with Gasteiger partial charge in [0.2, 0.25) is 0 Å². The summed E-state index contributed by atoms with van der Waals surface area (Å²) in [5, 5.41) is 12.6. The third-order valence-electron chi connectivity index (χ3n) is 4.77. The van der Waals surface area contributed by atoms with Gasteiger partial charge in [0.15, 0.2) is 0 Å². The van der Waals surface area contributed by atoms with Crippen LogP contribution in [0.25, 0.3) is 10.8 Å². The van der Waals surface area contributed by atoms with E-state index in [1.165, 1.54) is 5.39 Å². The predicted octanol–water partition coefficient (Wildman–Crippen LogP) is 2.61. The number of rotatable bonds is 6. The quantitative estimate of drug-likeness (QED) is 0.884. The largest absolute Gasteiger partial charge is 0.491 e. The number of aliphatic hydroxyl groups is 1. The van der Waals surface area contributed by atoms with E-state index >= 15 is 0 Å². The number of β-amino-alcohol motifs (C(OH)–C–C–N with tert-alkyl or cyclic N) is 1. The van der Waals surface area contributed by atoms with Crippen molar-refractivity contribution in [2.24, 2.45) is 0 Å². The summed E-state index contributed by atoms with van der Waals surface area (Å²) in [6.07, 6.45) is -0.456. The maximum absolute atomic E-state index is 10.3. The highest BCUT2D eigenvalue weighted by Gasteiger charge is 2.20. The van der Waals surface area contributed by atoms with Crippen LogP contribution < -0.4 is 4.74 Å². The molecule has 0 amide bonds. The highest BCUT2D eigenvalue weighted by atomic mass is 16.5. The number of hydrogen-bond donors (Lipinski definition) is 1. The highest BCUT2D eigenvalue weighted by Crippen LogP contribution is 2.20. The molecule has 1 N–H and O–H groups in total. The van der Waals surface area contributed by atoms with E-state index in [4.69, 9.17) is 4.74 Å². The van der Waals surface area contributed by atoms with E-state index in [0.717, 1.165) is 37.3 Å². The van der Waals surface area contributed by atoms with Gasteiger partial charge in [-0.3, -0.25) is 9.80 Å². The topological polar surface area (TPSA) is 35.9 Å².